The number of aromatic amines is 1. The van der Waals surface area contributed by atoms with Gasteiger partial charge in [-0.05, 0) is 12.2 Å². The predicted molar refractivity (Wildman–Crippen MR) is 68.2 cm³/mol. The molecule has 0 fully saturated rings. The zero-order valence-corrected chi connectivity index (χ0v) is 10.2. The molecule has 0 unspecified atom stereocenters. The van der Waals surface area contributed by atoms with Crippen LogP contribution in [0.4, 0.5) is 0 Å². The minimum absolute atomic E-state index is 0.627. The first-order valence-corrected chi connectivity index (χ1v) is 6.12. The molecule has 0 spiro atoms. The van der Waals surface area contributed by atoms with E-state index in [9.17, 15) is 0 Å². The molecule has 84 valence electrons. The predicted octanol–water partition coefficient (Wildman–Crippen LogP) is 3.52. The van der Waals surface area contributed by atoms with Gasteiger partial charge in [0.15, 0.2) is 21.1 Å². The molecule has 0 atom stereocenters. The molecule has 2 heterocycles. The van der Waals surface area contributed by atoms with E-state index >= 15 is 0 Å². The topological polar surface area (TPSA) is 54.7 Å². The molecule has 0 aliphatic rings. The van der Waals surface area contributed by atoms with Crippen molar-refractivity contribution in [3.63, 3.8) is 0 Å². The lowest BCUT2D eigenvalue weighted by atomic mass is 10.1. The van der Waals surface area contributed by atoms with Crippen LogP contribution in [0.5, 0.6) is 0 Å². The van der Waals surface area contributed by atoms with Crippen molar-refractivity contribution in [2.24, 2.45) is 0 Å². The van der Waals surface area contributed by atoms with Crippen LogP contribution in [-0.2, 0) is 0 Å². The molecule has 0 saturated carbocycles. The van der Waals surface area contributed by atoms with Gasteiger partial charge in [-0.25, -0.2) is 4.98 Å². The molecule has 4 nitrogen and oxygen atoms in total. The smallest absolute Gasteiger partial charge is 0.182 e. The van der Waals surface area contributed by atoms with Crippen LogP contribution in [-0.4, -0.2) is 15.2 Å². The maximum absolute atomic E-state index is 5.42. The highest BCUT2D eigenvalue weighted by Gasteiger charge is 2.15. The highest BCUT2D eigenvalue weighted by molar-refractivity contribution is 7.73. The molecule has 17 heavy (non-hydrogen) atoms. The SMILES string of the molecule is S=c1[nH]nc(-c2ncoc2-c2ccccc2)s1. The van der Waals surface area contributed by atoms with E-state index in [1.807, 2.05) is 30.3 Å². The van der Waals surface area contributed by atoms with E-state index in [4.69, 9.17) is 16.6 Å². The van der Waals surface area contributed by atoms with Crippen molar-refractivity contribution in [1.82, 2.24) is 15.2 Å². The minimum atomic E-state index is 0.627. The summed E-state index contributed by atoms with van der Waals surface area (Å²) in [5.41, 5.74) is 1.69. The zero-order chi connectivity index (χ0) is 11.7. The van der Waals surface area contributed by atoms with Crippen molar-refractivity contribution in [1.29, 1.82) is 0 Å². The third kappa shape index (κ3) is 1.92. The van der Waals surface area contributed by atoms with Gasteiger partial charge in [0, 0.05) is 5.56 Å². The molecule has 0 radical (unpaired) electrons. The molecular formula is C11H7N3OS2. The van der Waals surface area contributed by atoms with Gasteiger partial charge in [-0.15, -0.1) is 0 Å². The summed E-state index contributed by atoms with van der Waals surface area (Å²) in [7, 11) is 0. The van der Waals surface area contributed by atoms with Crippen LogP contribution in [0.3, 0.4) is 0 Å². The van der Waals surface area contributed by atoms with Gasteiger partial charge in [-0.2, -0.15) is 5.10 Å². The Hall–Kier alpha value is -1.79. The summed E-state index contributed by atoms with van der Waals surface area (Å²) in [5, 5.41) is 7.59. The number of aromatic nitrogens is 3. The fourth-order valence-corrected chi connectivity index (χ4v) is 2.41. The maximum Gasteiger partial charge on any atom is 0.182 e. The van der Waals surface area contributed by atoms with Crippen LogP contribution < -0.4 is 0 Å². The standard InChI is InChI=1S/C11H7N3OS2/c16-11-14-13-10(17-11)8-9(15-6-12-8)7-4-2-1-3-5-7/h1-6H,(H,14,16). The third-order valence-electron chi connectivity index (χ3n) is 2.24. The van der Waals surface area contributed by atoms with E-state index in [1.165, 1.54) is 17.7 Å². The molecule has 1 aromatic carbocycles. The fraction of sp³-hybridized carbons (Fsp3) is 0. The van der Waals surface area contributed by atoms with Crippen LogP contribution in [0, 0.1) is 3.95 Å². The first-order chi connectivity index (χ1) is 8.34. The van der Waals surface area contributed by atoms with Gasteiger partial charge >= 0.3 is 0 Å². The Balaban J connectivity index is 2.15. The molecule has 0 aliphatic heterocycles. The number of benzene rings is 1. The Morgan fingerprint density at radius 3 is 2.76 bits per heavy atom. The highest BCUT2D eigenvalue weighted by Crippen LogP contribution is 2.31. The van der Waals surface area contributed by atoms with Gasteiger partial charge < -0.3 is 4.42 Å². The number of hydrogen-bond donors (Lipinski definition) is 1. The Morgan fingerprint density at radius 1 is 1.24 bits per heavy atom. The summed E-state index contributed by atoms with van der Waals surface area (Å²) in [4.78, 5) is 4.19. The van der Waals surface area contributed by atoms with Crippen LogP contribution in [0.2, 0.25) is 0 Å². The molecule has 2 aromatic heterocycles. The summed E-state index contributed by atoms with van der Waals surface area (Å²) in [6.07, 6.45) is 1.42. The number of rotatable bonds is 2. The summed E-state index contributed by atoms with van der Waals surface area (Å²) >= 11 is 6.39. The normalized spacial score (nSPS) is 10.6. The Bertz CT molecular complexity index is 684. The lowest BCUT2D eigenvalue weighted by molar-refractivity contribution is 0.572. The first kappa shape index (κ1) is 10.4. The van der Waals surface area contributed by atoms with Crippen molar-refractivity contribution >= 4 is 23.6 Å². The number of nitrogens with zero attached hydrogens (tertiary/aromatic N) is 2. The van der Waals surface area contributed by atoms with Gasteiger partial charge in [0.05, 0.1) is 0 Å². The summed E-state index contributed by atoms with van der Waals surface area (Å²) < 4.78 is 6.05. The first-order valence-electron chi connectivity index (χ1n) is 4.89. The van der Waals surface area contributed by atoms with E-state index in [0.717, 1.165) is 10.6 Å². The molecule has 3 rings (SSSR count). The molecule has 0 saturated heterocycles. The van der Waals surface area contributed by atoms with Crippen molar-refractivity contribution in [3.8, 4) is 22.0 Å². The maximum atomic E-state index is 5.42. The van der Waals surface area contributed by atoms with Crippen molar-refractivity contribution in [3.05, 3.63) is 40.7 Å². The van der Waals surface area contributed by atoms with Crippen LogP contribution in [0.1, 0.15) is 0 Å². The van der Waals surface area contributed by atoms with Gasteiger partial charge in [-0.3, -0.25) is 5.10 Å². The van der Waals surface area contributed by atoms with Crippen LogP contribution in [0.25, 0.3) is 22.0 Å². The quantitative estimate of drug-likeness (QED) is 0.717. The summed E-state index contributed by atoms with van der Waals surface area (Å²) in [6, 6.07) is 9.80. The lowest BCUT2D eigenvalue weighted by Crippen LogP contribution is -1.81. The Kier molecular flexibility index (Phi) is 2.58. The van der Waals surface area contributed by atoms with Crippen molar-refractivity contribution < 1.29 is 4.42 Å². The number of H-pyrrole nitrogens is 1. The van der Waals surface area contributed by atoms with E-state index in [-0.39, 0.29) is 0 Å². The monoisotopic (exact) mass is 261 g/mol. The number of oxazole rings is 1. The van der Waals surface area contributed by atoms with Crippen LogP contribution >= 0.6 is 23.6 Å². The fourth-order valence-electron chi connectivity index (χ4n) is 1.52. The van der Waals surface area contributed by atoms with Gasteiger partial charge in [0.1, 0.15) is 5.69 Å². The second kappa shape index (κ2) is 4.23. The lowest BCUT2D eigenvalue weighted by Gasteiger charge is -1.97. The Labute approximate surface area is 106 Å². The third-order valence-corrected chi connectivity index (χ3v) is 3.34. The Morgan fingerprint density at radius 2 is 2.06 bits per heavy atom. The van der Waals surface area contributed by atoms with E-state index in [2.05, 4.69) is 15.2 Å². The van der Waals surface area contributed by atoms with Gasteiger partial charge in [0.2, 0.25) is 0 Å². The summed E-state index contributed by atoms with van der Waals surface area (Å²) in [5.74, 6) is 0.711. The number of nitrogens with one attached hydrogen (secondary N) is 1. The van der Waals surface area contributed by atoms with E-state index < -0.39 is 0 Å². The molecular weight excluding hydrogens is 254 g/mol. The molecule has 1 N–H and O–H groups in total. The average Bonchev–Trinajstić information content (AvgIpc) is 2.98. The highest BCUT2D eigenvalue weighted by atomic mass is 32.1. The number of hydrogen-bond acceptors (Lipinski definition) is 5. The summed E-state index contributed by atoms with van der Waals surface area (Å²) in [6.45, 7) is 0. The molecule has 0 aliphatic carbocycles. The second-order valence-corrected chi connectivity index (χ2v) is 4.98. The molecule has 6 heteroatoms. The second-order valence-electron chi connectivity index (χ2n) is 3.31. The van der Waals surface area contributed by atoms with Crippen LogP contribution in [0.15, 0.2) is 41.1 Å². The minimum Gasteiger partial charge on any atom is -0.443 e. The molecule has 3 aromatic rings. The van der Waals surface area contributed by atoms with Gasteiger partial charge in [-0.1, -0.05) is 41.7 Å². The largest absolute Gasteiger partial charge is 0.443 e. The van der Waals surface area contributed by atoms with E-state index in [1.54, 1.807) is 0 Å². The van der Waals surface area contributed by atoms with Gasteiger partial charge in [0.25, 0.3) is 0 Å². The molecule has 0 amide bonds. The van der Waals surface area contributed by atoms with E-state index in [0.29, 0.717) is 15.4 Å². The molecule has 0 bridgehead atoms. The average molecular weight is 261 g/mol. The van der Waals surface area contributed by atoms with Crippen molar-refractivity contribution in [2.75, 3.05) is 0 Å². The zero-order valence-electron chi connectivity index (χ0n) is 8.58. The van der Waals surface area contributed by atoms with Crippen molar-refractivity contribution in [2.45, 2.75) is 0 Å².